The predicted octanol–water partition coefficient (Wildman–Crippen LogP) is 2.87. The molecule has 0 aliphatic rings. The van der Waals surface area contributed by atoms with Crippen LogP contribution in [0.3, 0.4) is 0 Å². The number of carbonyl (C=O) groups is 1. The Hall–Kier alpha value is -2.36. The first-order valence-electron chi connectivity index (χ1n) is 7.11. The third kappa shape index (κ3) is 5.26. The quantitative estimate of drug-likeness (QED) is 0.795. The van der Waals surface area contributed by atoms with Crippen LogP contribution in [0.2, 0.25) is 0 Å². The van der Waals surface area contributed by atoms with Crippen molar-refractivity contribution >= 4 is 5.91 Å². The molecular weight excluding hydrogens is 264 g/mol. The fourth-order valence-electron chi connectivity index (χ4n) is 1.91. The second kappa shape index (κ2) is 8.04. The SMILES string of the molecule is Cc1ccccc1OCCCC(=O)NCc1ccccn1. The van der Waals surface area contributed by atoms with Gasteiger partial charge in [0.05, 0.1) is 18.8 Å². The lowest BCUT2D eigenvalue weighted by Gasteiger charge is -2.08. The number of para-hydroxylation sites is 1. The van der Waals surface area contributed by atoms with Gasteiger partial charge in [-0.3, -0.25) is 9.78 Å². The molecule has 110 valence electrons. The number of benzene rings is 1. The molecule has 0 aliphatic heterocycles. The number of nitrogens with zero attached hydrogens (tertiary/aromatic N) is 1. The first kappa shape index (κ1) is 15.0. The highest BCUT2D eigenvalue weighted by molar-refractivity contribution is 5.75. The summed E-state index contributed by atoms with van der Waals surface area (Å²) in [5.74, 6) is 0.903. The minimum atomic E-state index is 0.0223. The number of nitrogens with one attached hydrogen (secondary N) is 1. The minimum absolute atomic E-state index is 0.0223. The van der Waals surface area contributed by atoms with Gasteiger partial charge in [-0.1, -0.05) is 24.3 Å². The van der Waals surface area contributed by atoms with Crippen LogP contribution in [0.5, 0.6) is 5.75 Å². The molecular formula is C17H20N2O2. The van der Waals surface area contributed by atoms with Gasteiger partial charge in [0.25, 0.3) is 0 Å². The highest BCUT2D eigenvalue weighted by Gasteiger charge is 2.03. The largest absolute Gasteiger partial charge is 0.493 e. The minimum Gasteiger partial charge on any atom is -0.493 e. The van der Waals surface area contributed by atoms with Crippen molar-refractivity contribution in [2.75, 3.05) is 6.61 Å². The molecule has 1 N–H and O–H groups in total. The lowest BCUT2D eigenvalue weighted by molar-refractivity contribution is -0.121. The zero-order valence-electron chi connectivity index (χ0n) is 12.2. The monoisotopic (exact) mass is 284 g/mol. The Morgan fingerprint density at radius 1 is 1.19 bits per heavy atom. The van der Waals surface area contributed by atoms with Gasteiger partial charge in [-0.25, -0.2) is 0 Å². The van der Waals surface area contributed by atoms with Crippen LogP contribution < -0.4 is 10.1 Å². The van der Waals surface area contributed by atoms with E-state index in [1.807, 2.05) is 49.4 Å². The van der Waals surface area contributed by atoms with Gasteiger partial charge in [-0.15, -0.1) is 0 Å². The van der Waals surface area contributed by atoms with E-state index in [0.29, 0.717) is 26.0 Å². The summed E-state index contributed by atoms with van der Waals surface area (Å²) in [5, 5.41) is 2.85. The third-order valence-electron chi connectivity index (χ3n) is 3.09. The number of rotatable bonds is 7. The maximum Gasteiger partial charge on any atom is 0.220 e. The molecule has 0 saturated carbocycles. The van der Waals surface area contributed by atoms with Gasteiger partial charge in [-0.05, 0) is 37.1 Å². The van der Waals surface area contributed by atoms with Crippen LogP contribution in [0.25, 0.3) is 0 Å². The summed E-state index contributed by atoms with van der Waals surface area (Å²) >= 11 is 0. The van der Waals surface area contributed by atoms with Crippen molar-refractivity contribution in [3.63, 3.8) is 0 Å². The standard InChI is InChI=1S/C17H20N2O2/c1-14-7-2-3-9-16(14)21-12-6-10-17(20)19-13-15-8-4-5-11-18-15/h2-5,7-9,11H,6,10,12-13H2,1H3,(H,19,20). The van der Waals surface area contributed by atoms with Crippen LogP contribution in [0.4, 0.5) is 0 Å². The van der Waals surface area contributed by atoms with Gasteiger partial charge in [0.1, 0.15) is 5.75 Å². The van der Waals surface area contributed by atoms with Crippen molar-refractivity contribution in [2.45, 2.75) is 26.3 Å². The van der Waals surface area contributed by atoms with Crippen molar-refractivity contribution in [1.29, 1.82) is 0 Å². The molecule has 0 atom stereocenters. The average Bonchev–Trinajstić information content (AvgIpc) is 2.52. The Labute approximate surface area is 125 Å². The lowest BCUT2D eigenvalue weighted by atomic mass is 10.2. The van der Waals surface area contributed by atoms with Crippen molar-refractivity contribution < 1.29 is 9.53 Å². The highest BCUT2D eigenvalue weighted by atomic mass is 16.5. The summed E-state index contributed by atoms with van der Waals surface area (Å²) in [5.41, 5.74) is 1.97. The van der Waals surface area contributed by atoms with E-state index < -0.39 is 0 Å². The zero-order valence-corrected chi connectivity index (χ0v) is 12.2. The smallest absolute Gasteiger partial charge is 0.220 e. The summed E-state index contributed by atoms with van der Waals surface area (Å²) in [4.78, 5) is 15.9. The molecule has 0 radical (unpaired) electrons. The Balaban J connectivity index is 1.62. The number of carbonyl (C=O) groups excluding carboxylic acids is 1. The van der Waals surface area contributed by atoms with Gasteiger partial charge in [0, 0.05) is 12.6 Å². The molecule has 21 heavy (non-hydrogen) atoms. The molecule has 4 heteroatoms. The second-order valence-corrected chi connectivity index (χ2v) is 4.82. The predicted molar refractivity (Wildman–Crippen MR) is 82.0 cm³/mol. The number of pyridine rings is 1. The number of hydrogen-bond acceptors (Lipinski definition) is 3. The maximum atomic E-state index is 11.7. The maximum absolute atomic E-state index is 11.7. The summed E-state index contributed by atoms with van der Waals surface area (Å²) < 4.78 is 5.66. The van der Waals surface area contributed by atoms with Gasteiger partial charge in [-0.2, -0.15) is 0 Å². The van der Waals surface area contributed by atoms with Crippen LogP contribution in [-0.4, -0.2) is 17.5 Å². The van der Waals surface area contributed by atoms with E-state index in [9.17, 15) is 4.79 Å². The van der Waals surface area contributed by atoms with Crippen LogP contribution in [0.1, 0.15) is 24.1 Å². The molecule has 0 fully saturated rings. The molecule has 0 spiro atoms. The Bertz CT molecular complexity index is 570. The van der Waals surface area contributed by atoms with Crippen molar-refractivity contribution in [3.05, 3.63) is 59.9 Å². The summed E-state index contributed by atoms with van der Waals surface area (Å²) in [6, 6.07) is 13.5. The normalized spacial score (nSPS) is 10.1. The van der Waals surface area contributed by atoms with Crippen LogP contribution in [0.15, 0.2) is 48.7 Å². The van der Waals surface area contributed by atoms with E-state index in [2.05, 4.69) is 10.3 Å². The van der Waals surface area contributed by atoms with Crippen molar-refractivity contribution in [1.82, 2.24) is 10.3 Å². The van der Waals surface area contributed by atoms with E-state index in [1.165, 1.54) is 0 Å². The molecule has 0 unspecified atom stereocenters. The van der Waals surface area contributed by atoms with E-state index in [1.54, 1.807) is 6.20 Å². The first-order chi connectivity index (χ1) is 10.3. The van der Waals surface area contributed by atoms with Crippen LogP contribution >= 0.6 is 0 Å². The average molecular weight is 284 g/mol. The van der Waals surface area contributed by atoms with Crippen molar-refractivity contribution in [3.8, 4) is 5.75 Å². The molecule has 1 aromatic heterocycles. The molecule has 1 aromatic carbocycles. The van der Waals surface area contributed by atoms with Gasteiger partial charge >= 0.3 is 0 Å². The number of amides is 1. The number of aryl methyl sites for hydroxylation is 1. The molecule has 1 heterocycles. The highest BCUT2D eigenvalue weighted by Crippen LogP contribution is 2.16. The molecule has 4 nitrogen and oxygen atoms in total. The zero-order chi connectivity index (χ0) is 14.9. The van der Waals surface area contributed by atoms with Crippen LogP contribution in [0, 0.1) is 6.92 Å². The summed E-state index contributed by atoms with van der Waals surface area (Å²) in [6.07, 6.45) is 2.87. The fourth-order valence-corrected chi connectivity index (χ4v) is 1.91. The Morgan fingerprint density at radius 2 is 2.00 bits per heavy atom. The number of ether oxygens (including phenoxy) is 1. The van der Waals surface area contributed by atoms with Gasteiger partial charge in [0.15, 0.2) is 0 Å². The molecule has 2 aromatic rings. The number of aromatic nitrogens is 1. The molecule has 0 aliphatic carbocycles. The van der Waals surface area contributed by atoms with Crippen molar-refractivity contribution in [2.24, 2.45) is 0 Å². The molecule has 0 bridgehead atoms. The third-order valence-corrected chi connectivity index (χ3v) is 3.09. The molecule has 2 rings (SSSR count). The van der Waals surface area contributed by atoms with Gasteiger partial charge < -0.3 is 10.1 Å². The first-order valence-corrected chi connectivity index (χ1v) is 7.11. The second-order valence-electron chi connectivity index (χ2n) is 4.82. The molecule has 1 amide bonds. The molecule has 0 saturated heterocycles. The topological polar surface area (TPSA) is 51.2 Å². The van der Waals surface area contributed by atoms with E-state index >= 15 is 0 Å². The summed E-state index contributed by atoms with van der Waals surface area (Å²) in [7, 11) is 0. The van der Waals surface area contributed by atoms with E-state index in [4.69, 9.17) is 4.74 Å². The lowest BCUT2D eigenvalue weighted by Crippen LogP contribution is -2.23. The summed E-state index contributed by atoms with van der Waals surface area (Å²) in [6.45, 7) is 3.02. The fraction of sp³-hybridized carbons (Fsp3) is 0.294. The number of hydrogen-bond donors (Lipinski definition) is 1. The Morgan fingerprint density at radius 3 is 2.76 bits per heavy atom. The van der Waals surface area contributed by atoms with E-state index in [-0.39, 0.29) is 5.91 Å². The van der Waals surface area contributed by atoms with Gasteiger partial charge in [0.2, 0.25) is 5.91 Å². The van der Waals surface area contributed by atoms with E-state index in [0.717, 1.165) is 17.0 Å². The van der Waals surface area contributed by atoms with Crippen LogP contribution in [-0.2, 0) is 11.3 Å². The Kier molecular flexibility index (Phi) is 5.76.